The van der Waals surface area contributed by atoms with Gasteiger partial charge < -0.3 is 9.64 Å². The van der Waals surface area contributed by atoms with E-state index in [4.69, 9.17) is 5.26 Å². The molecule has 2 rings (SSSR count). The van der Waals surface area contributed by atoms with Crippen LogP contribution in [0.4, 0.5) is 0 Å². The first-order valence-corrected chi connectivity index (χ1v) is 7.54. The van der Waals surface area contributed by atoms with E-state index in [1.807, 2.05) is 30.3 Å². The van der Waals surface area contributed by atoms with Crippen LogP contribution in [0.5, 0.6) is 0 Å². The molecule has 0 radical (unpaired) electrons. The van der Waals surface area contributed by atoms with E-state index >= 15 is 0 Å². The molecule has 0 bridgehead atoms. The molecule has 2 aromatic carbocycles. The van der Waals surface area contributed by atoms with E-state index < -0.39 is 5.97 Å². The fraction of sp³-hybridized carbons (Fsp3) is 0.211. The SMILES string of the molecule is COC(=O)c1cccc(C(=O)N(CCC#N)Cc2ccccc2)c1. The number of amides is 1. The number of ether oxygens (including phenoxy) is 1. The Bertz CT molecular complexity index is 751. The number of esters is 1. The molecule has 0 unspecified atom stereocenters. The number of nitrogens with zero attached hydrogens (tertiary/aromatic N) is 2. The van der Waals surface area contributed by atoms with Crippen LogP contribution in [-0.4, -0.2) is 30.4 Å². The van der Waals surface area contributed by atoms with Crippen LogP contribution >= 0.6 is 0 Å². The Morgan fingerprint density at radius 2 is 1.79 bits per heavy atom. The van der Waals surface area contributed by atoms with Gasteiger partial charge in [0, 0.05) is 18.7 Å². The first-order chi connectivity index (χ1) is 11.7. The summed E-state index contributed by atoms with van der Waals surface area (Å²) in [6, 6.07) is 18.0. The van der Waals surface area contributed by atoms with Crippen LogP contribution in [-0.2, 0) is 11.3 Å². The number of nitriles is 1. The summed E-state index contributed by atoms with van der Waals surface area (Å²) in [6.45, 7) is 0.733. The molecule has 0 saturated carbocycles. The van der Waals surface area contributed by atoms with Gasteiger partial charge in [0.15, 0.2) is 0 Å². The normalized spacial score (nSPS) is 9.83. The molecule has 0 aliphatic rings. The molecule has 0 atom stereocenters. The van der Waals surface area contributed by atoms with Gasteiger partial charge in [-0.25, -0.2) is 4.79 Å². The fourth-order valence-electron chi connectivity index (χ4n) is 2.32. The molecule has 0 aliphatic carbocycles. The van der Waals surface area contributed by atoms with Gasteiger partial charge in [-0.15, -0.1) is 0 Å². The maximum atomic E-state index is 12.8. The lowest BCUT2D eigenvalue weighted by atomic mass is 10.1. The van der Waals surface area contributed by atoms with E-state index in [0.29, 0.717) is 24.2 Å². The van der Waals surface area contributed by atoms with Crippen molar-refractivity contribution < 1.29 is 14.3 Å². The van der Waals surface area contributed by atoms with Gasteiger partial charge in [0.2, 0.25) is 0 Å². The third kappa shape index (κ3) is 4.43. The summed E-state index contributed by atoms with van der Waals surface area (Å²) in [5.74, 6) is -0.712. The minimum atomic E-state index is -0.490. The third-order valence-corrected chi connectivity index (χ3v) is 3.53. The lowest BCUT2D eigenvalue weighted by molar-refractivity contribution is 0.0600. The van der Waals surface area contributed by atoms with Gasteiger partial charge in [0.25, 0.3) is 5.91 Å². The Morgan fingerprint density at radius 1 is 1.08 bits per heavy atom. The molecular formula is C19H18N2O3. The summed E-state index contributed by atoms with van der Waals surface area (Å²) in [7, 11) is 1.30. The summed E-state index contributed by atoms with van der Waals surface area (Å²) >= 11 is 0. The highest BCUT2D eigenvalue weighted by atomic mass is 16.5. The standard InChI is InChI=1S/C19H18N2O3/c1-24-19(23)17-10-5-9-16(13-17)18(22)21(12-6-11-20)14-15-7-3-2-4-8-15/h2-5,7-10,13H,6,12,14H2,1H3. The molecule has 1 amide bonds. The zero-order valence-corrected chi connectivity index (χ0v) is 13.4. The van der Waals surface area contributed by atoms with Gasteiger partial charge in [-0.05, 0) is 23.8 Å². The lowest BCUT2D eigenvalue weighted by Crippen LogP contribution is -2.31. The van der Waals surface area contributed by atoms with Crippen LogP contribution in [0, 0.1) is 11.3 Å². The van der Waals surface area contributed by atoms with Crippen LogP contribution in [0.2, 0.25) is 0 Å². The Morgan fingerprint density at radius 3 is 2.46 bits per heavy atom. The van der Waals surface area contributed by atoms with Crippen LogP contribution < -0.4 is 0 Å². The van der Waals surface area contributed by atoms with Crippen LogP contribution in [0.15, 0.2) is 54.6 Å². The molecule has 24 heavy (non-hydrogen) atoms. The van der Waals surface area contributed by atoms with Crippen molar-refractivity contribution in [1.82, 2.24) is 4.90 Å². The van der Waals surface area contributed by atoms with Gasteiger partial charge in [-0.3, -0.25) is 4.79 Å². The summed E-state index contributed by atoms with van der Waals surface area (Å²) in [5.41, 5.74) is 1.70. The van der Waals surface area contributed by atoms with Gasteiger partial charge in [0.1, 0.15) is 0 Å². The zero-order chi connectivity index (χ0) is 17.4. The minimum Gasteiger partial charge on any atom is -0.465 e. The van der Waals surface area contributed by atoms with Crippen molar-refractivity contribution in [3.8, 4) is 6.07 Å². The van der Waals surface area contributed by atoms with Crippen molar-refractivity contribution in [2.45, 2.75) is 13.0 Å². The Labute approximate surface area is 141 Å². The molecule has 0 fully saturated rings. The maximum Gasteiger partial charge on any atom is 0.337 e. The number of hydrogen-bond acceptors (Lipinski definition) is 4. The maximum absolute atomic E-state index is 12.8. The van der Waals surface area contributed by atoms with Crippen LogP contribution in [0.3, 0.4) is 0 Å². The Hall–Kier alpha value is -3.13. The van der Waals surface area contributed by atoms with Crippen molar-refractivity contribution in [3.05, 3.63) is 71.3 Å². The second-order valence-corrected chi connectivity index (χ2v) is 5.19. The molecule has 0 aliphatic heterocycles. The lowest BCUT2D eigenvalue weighted by Gasteiger charge is -2.22. The van der Waals surface area contributed by atoms with Gasteiger partial charge >= 0.3 is 5.97 Å². The number of methoxy groups -OCH3 is 1. The van der Waals surface area contributed by atoms with E-state index in [1.54, 1.807) is 23.1 Å². The fourth-order valence-corrected chi connectivity index (χ4v) is 2.32. The number of benzene rings is 2. The topological polar surface area (TPSA) is 70.4 Å². The van der Waals surface area contributed by atoms with Crippen molar-refractivity contribution in [3.63, 3.8) is 0 Å². The number of carbonyl (C=O) groups excluding carboxylic acids is 2. The highest BCUT2D eigenvalue weighted by Gasteiger charge is 2.17. The molecule has 0 heterocycles. The number of rotatable bonds is 6. The highest BCUT2D eigenvalue weighted by molar-refractivity contribution is 5.97. The van der Waals surface area contributed by atoms with Crippen molar-refractivity contribution >= 4 is 11.9 Å². The first kappa shape index (κ1) is 17.2. The molecule has 2 aromatic rings. The molecule has 0 saturated heterocycles. The van der Waals surface area contributed by atoms with Crippen molar-refractivity contribution in [1.29, 1.82) is 5.26 Å². The smallest absolute Gasteiger partial charge is 0.337 e. The van der Waals surface area contributed by atoms with E-state index in [-0.39, 0.29) is 12.3 Å². The largest absolute Gasteiger partial charge is 0.465 e. The molecule has 0 aromatic heterocycles. The number of hydrogen-bond donors (Lipinski definition) is 0. The Balaban J connectivity index is 2.24. The quantitative estimate of drug-likeness (QED) is 0.767. The van der Waals surface area contributed by atoms with Crippen molar-refractivity contribution in [2.75, 3.05) is 13.7 Å². The predicted octanol–water partition coefficient (Wildman–Crippen LogP) is 3.03. The summed E-state index contributed by atoms with van der Waals surface area (Å²) in [4.78, 5) is 26.0. The number of carbonyl (C=O) groups is 2. The van der Waals surface area contributed by atoms with Crippen LogP contribution in [0.1, 0.15) is 32.7 Å². The molecular weight excluding hydrogens is 304 g/mol. The van der Waals surface area contributed by atoms with E-state index in [1.165, 1.54) is 13.2 Å². The molecule has 5 heteroatoms. The van der Waals surface area contributed by atoms with Crippen LogP contribution in [0.25, 0.3) is 0 Å². The van der Waals surface area contributed by atoms with E-state index in [2.05, 4.69) is 10.8 Å². The average Bonchev–Trinajstić information content (AvgIpc) is 2.64. The second kappa shape index (κ2) is 8.49. The Kier molecular flexibility index (Phi) is 6.09. The summed E-state index contributed by atoms with van der Waals surface area (Å²) in [5, 5.41) is 8.83. The summed E-state index contributed by atoms with van der Waals surface area (Å²) in [6.07, 6.45) is 0.245. The second-order valence-electron chi connectivity index (χ2n) is 5.19. The monoisotopic (exact) mass is 322 g/mol. The first-order valence-electron chi connectivity index (χ1n) is 7.54. The zero-order valence-electron chi connectivity index (χ0n) is 13.4. The molecule has 0 N–H and O–H groups in total. The van der Waals surface area contributed by atoms with Gasteiger partial charge in [-0.2, -0.15) is 5.26 Å². The predicted molar refractivity (Wildman–Crippen MR) is 89.2 cm³/mol. The summed E-state index contributed by atoms with van der Waals surface area (Å²) < 4.78 is 4.69. The van der Waals surface area contributed by atoms with E-state index in [9.17, 15) is 9.59 Å². The van der Waals surface area contributed by atoms with Gasteiger partial charge in [-0.1, -0.05) is 36.4 Å². The average molecular weight is 322 g/mol. The van der Waals surface area contributed by atoms with Gasteiger partial charge in [0.05, 0.1) is 25.2 Å². The van der Waals surface area contributed by atoms with E-state index in [0.717, 1.165) is 5.56 Å². The molecule has 122 valence electrons. The molecule has 0 spiro atoms. The minimum absolute atomic E-state index is 0.222. The highest BCUT2D eigenvalue weighted by Crippen LogP contribution is 2.13. The molecule has 5 nitrogen and oxygen atoms in total. The third-order valence-electron chi connectivity index (χ3n) is 3.53. The van der Waals surface area contributed by atoms with Crippen molar-refractivity contribution in [2.24, 2.45) is 0 Å².